The van der Waals surface area contributed by atoms with Crippen LogP contribution in [0.4, 0.5) is 0 Å². The zero-order valence-corrected chi connectivity index (χ0v) is 9.36. The monoisotopic (exact) mass is 220 g/mol. The number of hydrogen-bond acceptors (Lipinski definition) is 4. The molecule has 5 heteroatoms. The predicted octanol–water partition coefficient (Wildman–Crippen LogP) is 2.70. The number of alkyl halides is 1. The number of rotatable bonds is 5. The number of thioether (sulfide) groups is 1. The maximum absolute atomic E-state index is 5.52. The highest BCUT2D eigenvalue weighted by molar-refractivity contribution is 7.98. The van der Waals surface area contributed by atoms with Gasteiger partial charge in [-0.15, -0.1) is 11.6 Å². The Morgan fingerprint density at radius 3 is 2.85 bits per heavy atom. The summed E-state index contributed by atoms with van der Waals surface area (Å²) >= 11 is 7.33. The van der Waals surface area contributed by atoms with Crippen molar-refractivity contribution in [2.75, 3.05) is 5.75 Å². The molecular weight excluding hydrogens is 208 g/mol. The van der Waals surface area contributed by atoms with E-state index in [1.165, 1.54) is 0 Å². The lowest BCUT2D eigenvalue weighted by atomic mass is 10.3. The van der Waals surface area contributed by atoms with Crippen molar-refractivity contribution in [2.24, 2.45) is 5.92 Å². The fourth-order valence-electron chi connectivity index (χ4n) is 0.789. The summed E-state index contributed by atoms with van der Waals surface area (Å²) in [6, 6.07) is 0. The summed E-state index contributed by atoms with van der Waals surface area (Å²) in [6.07, 6.45) is 0. The van der Waals surface area contributed by atoms with Crippen molar-refractivity contribution in [3.05, 3.63) is 11.7 Å². The molecule has 0 spiro atoms. The Morgan fingerprint density at radius 2 is 2.31 bits per heavy atom. The van der Waals surface area contributed by atoms with E-state index in [2.05, 4.69) is 24.0 Å². The van der Waals surface area contributed by atoms with Crippen LogP contribution in [-0.2, 0) is 11.6 Å². The summed E-state index contributed by atoms with van der Waals surface area (Å²) < 4.78 is 4.86. The van der Waals surface area contributed by atoms with Gasteiger partial charge in [0.1, 0.15) is 5.88 Å². The zero-order valence-electron chi connectivity index (χ0n) is 7.79. The van der Waals surface area contributed by atoms with Crippen molar-refractivity contribution in [3.8, 4) is 0 Å². The molecule has 0 aliphatic rings. The molecule has 0 atom stereocenters. The lowest BCUT2D eigenvalue weighted by Gasteiger charge is -2.00. The van der Waals surface area contributed by atoms with E-state index in [0.717, 1.165) is 17.3 Å². The van der Waals surface area contributed by atoms with E-state index in [9.17, 15) is 0 Å². The maximum atomic E-state index is 5.52. The van der Waals surface area contributed by atoms with Gasteiger partial charge < -0.3 is 4.52 Å². The molecule has 74 valence electrons. The van der Waals surface area contributed by atoms with Crippen LogP contribution >= 0.6 is 23.4 Å². The quantitative estimate of drug-likeness (QED) is 0.716. The van der Waals surface area contributed by atoms with Crippen molar-refractivity contribution in [2.45, 2.75) is 25.5 Å². The average molecular weight is 221 g/mol. The normalized spacial score (nSPS) is 11.1. The summed E-state index contributed by atoms with van der Waals surface area (Å²) in [4.78, 5) is 4.10. The Balaban J connectivity index is 2.28. The van der Waals surface area contributed by atoms with Crippen LogP contribution in [0.3, 0.4) is 0 Å². The van der Waals surface area contributed by atoms with Gasteiger partial charge in [0.2, 0.25) is 5.89 Å². The molecule has 0 radical (unpaired) electrons. The average Bonchev–Trinajstić information content (AvgIpc) is 2.52. The van der Waals surface area contributed by atoms with Crippen LogP contribution in [0, 0.1) is 5.92 Å². The van der Waals surface area contributed by atoms with Crippen molar-refractivity contribution in [1.29, 1.82) is 0 Å². The zero-order chi connectivity index (χ0) is 9.68. The molecule has 0 N–H and O–H groups in total. The van der Waals surface area contributed by atoms with Crippen LogP contribution in [0.1, 0.15) is 25.6 Å². The summed E-state index contributed by atoms with van der Waals surface area (Å²) in [7, 11) is 0. The van der Waals surface area contributed by atoms with Gasteiger partial charge in [0, 0.05) is 0 Å². The van der Waals surface area contributed by atoms with Gasteiger partial charge in [-0.25, -0.2) is 0 Å². The predicted molar refractivity (Wildman–Crippen MR) is 54.9 cm³/mol. The molecule has 0 aliphatic heterocycles. The summed E-state index contributed by atoms with van der Waals surface area (Å²) in [5, 5.41) is 3.79. The van der Waals surface area contributed by atoms with E-state index in [0.29, 0.717) is 17.7 Å². The van der Waals surface area contributed by atoms with Gasteiger partial charge in [0.25, 0.3) is 0 Å². The molecule has 0 saturated heterocycles. The lowest BCUT2D eigenvalue weighted by molar-refractivity contribution is 0.386. The van der Waals surface area contributed by atoms with E-state index in [-0.39, 0.29) is 0 Å². The van der Waals surface area contributed by atoms with Gasteiger partial charge >= 0.3 is 0 Å². The highest BCUT2D eigenvalue weighted by Crippen LogP contribution is 2.13. The number of hydrogen-bond donors (Lipinski definition) is 0. The first kappa shape index (κ1) is 10.9. The topological polar surface area (TPSA) is 38.9 Å². The Kier molecular flexibility index (Phi) is 4.59. The van der Waals surface area contributed by atoms with E-state index >= 15 is 0 Å². The molecule has 0 unspecified atom stereocenters. The minimum absolute atomic E-state index is 0.293. The first-order chi connectivity index (χ1) is 6.22. The smallest absolute Gasteiger partial charge is 0.241 e. The number of nitrogens with zero attached hydrogens (tertiary/aromatic N) is 2. The second-order valence-corrected chi connectivity index (χ2v) is 4.44. The third-order valence-electron chi connectivity index (χ3n) is 1.31. The van der Waals surface area contributed by atoms with Gasteiger partial charge in [-0.05, 0) is 11.7 Å². The third-order valence-corrected chi connectivity index (χ3v) is 2.90. The van der Waals surface area contributed by atoms with Crippen molar-refractivity contribution >= 4 is 23.4 Å². The molecule has 0 saturated carbocycles. The molecule has 3 nitrogen and oxygen atoms in total. The Bertz CT molecular complexity index is 252. The molecule has 1 heterocycles. The van der Waals surface area contributed by atoms with Gasteiger partial charge in [0.05, 0.1) is 5.75 Å². The van der Waals surface area contributed by atoms with Gasteiger partial charge in [-0.3, -0.25) is 0 Å². The maximum Gasteiger partial charge on any atom is 0.241 e. The van der Waals surface area contributed by atoms with Crippen LogP contribution in [0.2, 0.25) is 0 Å². The largest absolute Gasteiger partial charge is 0.338 e. The second kappa shape index (κ2) is 5.50. The van der Waals surface area contributed by atoms with Crippen molar-refractivity contribution in [3.63, 3.8) is 0 Å². The van der Waals surface area contributed by atoms with Crippen LogP contribution in [0.25, 0.3) is 0 Å². The number of aromatic nitrogens is 2. The van der Waals surface area contributed by atoms with Crippen molar-refractivity contribution in [1.82, 2.24) is 10.1 Å². The minimum atomic E-state index is 0.293. The van der Waals surface area contributed by atoms with E-state index in [1.54, 1.807) is 0 Å². The van der Waals surface area contributed by atoms with Crippen LogP contribution < -0.4 is 0 Å². The van der Waals surface area contributed by atoms with E-state index < -0.39 is 0 Å². The van der Waals surface area contributed by atoms with E-state index in [1.807, 2.05) is 11.8 Å². The van der Waals surface area contributed by atoms with Gasteiger partial charge in [-0.1, -0.05) is 19.0 Å². The summed E-state index contributed by atoms with van der Waals surface area (Å²) in [5.74, 6) is 4.15. The molecular formula is C8H13ClN2OS. The summed E-state index contributed by atoms with van der Waals surface area (Å²) in [5.41, 5.74) is 0. The lowest BCUT2D eigenvalue weighted by Crippen LogP contribution is -1.92. The van der Waals surface area contributed by atoms with Gasteiger partial charge in [-0.2, -0.15) is 16.7 Å². The highest BCUT2D eigenvalue weighted by Gasteiger charge is 2.04. The fraction of sp³-hybridized carbons (Fsp3) is 0.750. The molecule has 0 fully saturated rings. The molecule has 1 rings (SSSR count). The molecule has 0 aliphatic carbocycles. The van der Waals surface area contributed by atoms with Crippen LogP contribution in [0.5, 0.6) is 0 Å². The SMILES string of the molecule is CC(C)CSCc1noc(CCl)n1. The Labute approximate surface area is 87.2 Å². The van der Waals surface area contributed by atoms with E-state index in [4.69, 9.17) is 16.1 Å². The first-order valence-electron chi connectivity index (χ1n) is 4.17. The molecule has 0 bridgehead atoms. The Hall–Kier alpha value is -0.220. The van der Waals surface area contributed by atoms with Crippen LogP contribution in [0.15, 0.2) is 4.52 Å². The molecule has 0 amide bonds. The molecule has 1 aromatic rings. The standard InChI is InChI=1S/C8H13ClN2OS/c1-6(2)4-13-5-7-10-8(3-9)12-11-7/h6H,3-5H2,1-2H3. The second-order valence-electron chi connectivity index (χ2n) is 3.15. The minimum Gasteiger partial charge on any atom is -0.338 e. The van der Waals surface area contributed by atoms with Crippen LogP contribution in [-0.4, -0.2) is 15.9 Å². The van der Waals surface area contributed by atoms with Gasteiger partial charge in [0.15, 0.2) is 5.82 Å². The Morgan fingerprint density at radius 1 is 1.54 bits per heavy atom. The first-order valence-corrected chi connectivity index (χ1v) is 5.86. The number of halogens is 1. The van der Waals surface area contributed by atoms with Crippen molar-refractivity contribution < 1.29 is 4.52 Å². The molecule has 13 heavy (non-hydrogen) atoms. The highest BCUT2D eigenvalue weighted by atomic mass is 35.5. The fourth-order valence-corrected chi connectivity index (χ4v) is 1.79. The summed E-state index contributed by atoms with van der Waals surface area (Å²) in [6.45, 7) is 4.38. The molecule has 1 aromatic heterocycles. The molecule has 0 aromatic carbocycles. The third kappa shape index (κ3) is 4.00.